The van der Waals surface area contributed by atoms with E-state index >= 15 is 0 Å². The molecule has 1 aromatic carbocycles. The van der Waals surface area contributed by atoms with Crippen LogP contribution < -0.4 is 15.8 Å². The number of nitrogens with two attached hydrogens (primary N) is 1. The summed E-state index contributed by atoms with van der Waals surface area (Å²) in [7, 11) is 0. The van der Waals surface area contributed by atoms with E-state index in [1.165, 1.54) is 6.20 Å². The number of nitrogens with one attached hydrogen (secondary N) is 1. The largest absolute Gasteiger partial charge is 0.488 e. The highest BCUT2D eigenvalue weighted by atomic mass is 19.1. The van der Waals surface area contributed by atoms with Gasteiger partial charge in [-0.3, -0.25) is 9.78 Å². The average molecular weight is 527 g/mol. The van der Waals surface area contributed by atoms with Crippen LogP contribution in [0, 0.1) is 23.4 Å². The molecule has 5 rings (SSSR count). The minimum absolute atomic E-state index is 0.0330. The van der Waals surface area contributed by atoms with Crippen molar-refractivity contribution < 1.29 is 27.4 Å². The predicted octanol–water partition coefficient (Wildman–Crippen LogP) is 5.21. The predicted molar refractivity (Wildman–Crippen MR) is 135 cm³/mol. The first-order chi connectivity index (χ1) is 18.3. The van der Waals surface area contributed by atoms with Crippen LogP contribution in [0.1, 0.15) is 54.6 Å². The van der Waals surface area contributed by atoms with E-state index in [1.807, 2.05) is 6.07 Å². The van der Waals surface area contributed by atoms with Gasteiger partial charge in [-0.15, -0.1) is 0 Å². The van der Waals surface area contributed by atoms with Crippen molar-refractivity contribution in [2.24, 2.45) is 11.7 Å². The fourth-order valence-corrected chi connectivity index (χ4v) is 5.35. The third kappa shape index (κ3) is 5.66. The van der Waals surface area contributed by atoms with Crippen molar-refractivity contribution in [3.63, 3.8) is 0 Å². The van der Waals surface area contributed by atoms with Gasteiger partial charge in [0, 0.05) is 30.8 Å². The smallest absolute Gasteiger partial charge is 0.274 e. The van der Waals surface area contributed by atoms with E-state index in [0.717, 1.165) is 49.1 Å². The fraction of sp³-hybridized carbons (Fsp3) is 0.393. The molecule has 10 heteroatoms. The molecule has 0 spiro atoms. The van der Waals surface area contributed by atoms with Crippen LogP contribution >= 0.6 is 0 Å². The van der Waals surface area contributed by atoms with Gasteiger partial charge in [-0.25, -0.2) is 18.2 Å². The van der Waals surface area contributed by atoms with Gasteiger partial charge >= 0.3 is 0 Å². The van der Waals surface area contributed by atoms with Crippen molar-refractivity contribution in [1.29, 1.82) is 0 Å². The number of benzene rings is 1. The summed E-state index contributed by atoms with van der Waals surface area (Å²) in [6, 6.07) is 5.99. The van der Waals surface area contributed by atoms with Crippen LogP contribution in [-0.4, -0.2) is 41.2 Å². The Morgan fingerprint density at radius 3 is 2.61 bits per heavy atom. The molecular formula is C28H29F3N4O3. The van der Waals surface area contributed by atoms with Crippen molar-refractivity contribution in [1.82, 2.24) is 9.97 Å². The van der Waals surface area contributed by atoms with Crippen LogP contribution in [0.25, 0.3) is 11.3 Å². The standard InChI is InChI=1S/C28H29F3N4O3/c1-15-8-16(10-17(32)9-15)20-4-6-33-13-25(20)35-28(36)24-3-2-21(29)27(34-24)26-22(30)11-19(12-23(26)31)38-18-5-7-37-14-18/h2-4,6,11-13,15-18H,5,7-10,14,32H2,1H3,(H,35,36)/t15-,16+,17-,18+/m0/s1. The highest BCUT2D eigenvalue weighted by molar-refractivity contribution is 6.03. The van der Waals surface area contributed by atoms with Crippen LogP contribution in [0.5, 0.6) is 5.75 Å². The lowest BCUT2D eigenvalue weighted by molar-refractivity contribution is 0.102. The maximum atomic E-state index is 15.0. The SMILES string of the molecule is C[C@@H]1C[C@H](N)C[C@H](c2ccncc2NC(=O)c2ccc(F)c(-c3c(F)cc(O[C@@H]4CCOC4)cc3F)n2)C1. The van der Waals surface area contributed by atoms with Gasteiger partial charge < -0.3 is 20.5 Å². The summed E-state index contributed by atoms with van der Waals surface area (Å²) in [5.41, 5.74) is 6.13. The Hall–Kier alpha value is -3.50. The van der Waals surface area contributed by atoms with Crippen molar-refractivity contribution in [2.75, 3.05) is 18.5 Å². The molecule has 0 unspecified atom stereocenters. The Morgan fingerprint density at radius 1 is 1.11 bits per heavy atom. The lowest BCUT2D eigenvalue weighted by atomic mass is 9.76. The molecule has 3 heterocycles. The quantitative estimate of drug-likeness (QED) is 0.458. The number of amides is 1. The number of nitrogens with zero attached hydrogens (tertiary/aromatic N) is 2. The number of halogens is 3. The summed E-state index contributed by atoms with van der Waals surface area (Å²) in [4.78, 5) is 21.2. The van der Waals surface area contributed by atoms with Gasteiger partial charge in [-0.05, 0) is 54.9 Å². The number of ether oxygens (including phenoxy) is 2. The normalized spacial score (nSPS) is 23.3. The monoisotopic (exact) mass is 526 g/mol. The van der Waals surface area contributed by atoms with Gasteiger partial charge in [-0.2, -0.15) is 0 Å². The summed E-state index contributed by atoms with van der Waals surface area (Å²) in [5.74, 6) is -3.19. The second-order valence-electron chi connectivity index (χ2n) is 10.1. The number of rotatable bonds is 6. The highest BCUT2D eigenvalue weighted by Gasteiger charge is 2.28. The molecule has 0 radical (unpaired) electrons. The van der Waals surface area contributed by atoms with Gasteiger partial charge in [0.15, 0.2) is 0 Å². The van der Waals surface area contributed by atoms with E-state index in [2.05, 4.69) is 22.2 Å². The Labute approximate surface area is 218 Å². The molecule has 3 N–H and O–H groups in total. The first-order valence-electron chi connectivity index (χ1n) is 12.7. The summed E-state index contributed by atoms with van der Waals surface area (Å²) in [6.07, 6.45) is 6.13. The molecule has 2 fully saturated rings. The molecule has 1 saturated heterocycles. The molecule has 38 heavy (non-hydrogen) atoms. The highest BCUT2D eigenvalue weighted by Crippen LogP contribution is 2.38. The van der Waals surface area contributed by atoms with E-state index in [4.69, 9.17) is 15.2 Å². The maximum Gasteiger partial charge on any atom is 0.274 e. The van der Waals surface area contributed by atoms with Gasteiger partial charge in [0.05, 0.1) is 30.7 Å². The number of aromatic nitrogens is 2. The number of hydrogen-bond donors (Lipinski definition) is 2. The van der Waals surface area contributed by atoms with Gasteiger partial charge in [0.25, 0.3) is 5.91 Å². The topological polar surface area (TPSA) is 99.4 Å². The molecule has 1 aliphatic heterocycles. The minimum Gasteiger partial charge on any atom is -0.488 e. The van der Waals surface area contributed by atoms with Crippen LogP contribution in [-0.2, 0) is 4.74 Å². The average Bonchev–Trinajstić information content (AvgIpc) is 3.37. The zero-order valence-electron chi connectivity index (χ0n) is 20.9. The summed E-state index contributed by atoms with van der Waals surface area (Å²) in [6.45, 7) is 2.98. The molecule has 1 saturated carbocycles. The lowest BCUT2D eigenvalue weighted by Gasteiger charge is -2.32. The summed E-state index contributed by atoms with van der Waals surface area (Å²) >= 11 is 0. The molecule has 3 aromatic rings. The number of hydrogen-bond acceptors (Lipinski definition) is 6. The third-order valence-electron chi connectivity index (χ3n) is 7.04. The first kappa shape index (κ1) is 26.1. The van der Waals surface area contributed by atoms with Crippen LogP contribution in [0.2, 0.25) is 0 Å². The van der Waals surface area contributed by atoms with E-state index in [1.54, 1.807) is 6.20 Å². The van der Waals surface area contributed by atoms with Crippen LogP contribution in [0.4, 0.5) is 18.9 Å². The number of carbonyl (C=O) groups is 1. The van der Waals surface area contributed by atoms with E-state index in [0.29, 0.717) is 31.2 Å². The number of carbonyl (C=O) groups excluding carboxylic acids is 1. The zero-order valence-corrected chi connectivity index (χ0v) is 20.9. The molecule has 1 amide bonds. The van der Waals surface area contributed by atoms with Crippen molar-refractivity contribution in [3.8, 4) is 17.0 Å². The Kier molecular flexibility index (Phi) is 7.62. The lowest BCUT2D eigenvalue weighted by Crippen LogP contribution is -2.31. The zero-order chi connectivity index (χ0) is 26.8. The minimum atomic E-state index is -1.06. The summed E-state index contributed by atoms with van der Waals surface area (Å²) in [5, 5.41) is 2.78. The van der Waals surface area contributed by atoms with E-state index in [9.17, 15) is 18.0 Å². The molecule has 2 aliphatic rings. The van der Waals surface area contributed by atoms with Crippen molar-refractivity contribution in [3.05, 3.63) is 71.4 Å². The van der Waals surface area contributed by atoms with Crippen LogP contribution in [0.15, 0.2) is 42.7 Å². The Morgan fingerprint density at radius 2 is 1.89 bits per heavy atom. The molecular weight excluding hydrogens is 497 g/mol. The number of pyridine rings is 2. The van der Waals surface area contributed by atoms with E-state index < -0.39 is 34.6 Å². The maximum absolute atomic E-state index is 15.0. The molecule has 200 valence electrons. The molecule has 7 nitrogen and oxygen atoms in total. The van der Waals surface area contributed by atoms with Gasteiger partial charge in [-0.1, -0.05) is 6.92 Å². The molecule has 2 aromatic heterocycles. The third-order valence-corrected chi connectivity index (χ3v) is 7.04. The Bertz CT molecular complexity index is 1300. The van der Waals surface area contributed by atoms with Gasteiger partial charge in [0.2, 0.25) is 0 Å². The number of anilines is 1. The van der Waals surface area contributed by atoms with Gasteiger partial charge in [0.1, 0.15) is 40.7 Å². The molecule has 0 bridgehead atoms. The fourth-order valence-electron chi connectivity index (χ4n) is 5.35. The van der Waals surface area contributed by atoms with E-state index in [-0.39, 0.29) is 29.5 Å². The summed E-state index contributed by atoms with van der Waals surface area (Å²) < 4.78 is 55.4. The Balaban J connectivity index is 1.40. The molecule has 4 atom stereocenters. The van der Waals surface area contributed by atoms with Crippen LogP contribution in [0.3, 0.4) is 0 Å². The first-order valence-corrected chi connectivity index (χ1v) is 12.7. The molecule has 1 aliphatic carbocycles. The van der Waals surface area contributed by atoms with Crippen molar-refractivity contribution in [2.45, 2.75) is 50.7 Å². The van der Waals surface area contributed by atoms with Crippen molar-refractivity contribution >= 4 is 11.6 Å². The second kappa shape index (κ2) is 11.1. The second-order valence-corrected chi connectivity index (χ2v) is 10.1.